The highest BCUT2D eigenvalue weighted by atomic mass is 16.5. The molecule has 0 aliphatic carbocycles. The van der Waals surface area contributed by atoms with E-state index in [4.69, 9.17) is 9.47 Å². The molecule has 0 amide bonds. The van der Waals surface area contributed by atoms with Gasteiger partial charge in [0.1, 0.15) is 12.7 Å². The first-order chi connectivity index (χ1) is 10.1. The average Bonchev–Trinajstić information content (AvgIpc) is 2.52. The summed E-state index contributed by atoms with van der Waals surface area (Å²) in [5, 5.41) is 21.1. The number of nitrogens with zero attached hydrogens (tertiary/aromatic N) is 3. The molecule has 0 bridgehead atoms. The number of morpholine rings is 1. The number of ether oxygens (including phenoxy) is 2. The third kappa shape index (κ3) is 5.45. The number of rotatable bonds is 7. The topological polar surface area (TPSA) is 79.7 Å². The number of nitrogens with one attached hydrogen (secondary N) is 1. The van der Waals surface area contributed by atoms with Crippen molar-refractivity contribution in [3.8, 4) is 5.88 Å². The van der Waals surface area contributed by atoms with E-state index in [1.165, 1.54) is 0 Å². The molecule has 0 spiro atoms. The summed E-state index contributed by atoms with van der Waals surface area (Å²) in [5.41, 5.74) is 0. The van der Waals surface area contributed by atoms with E-state index in [2.05, 4.69) is 20.4 Å². The van der Waals surface area contributed by atoms with Crippen LogP contribution < -0.4 is 15.0 Å². The molecular formula is C14H24N4O3. The van der Waals surface area contributed by atoms with Gasteiger partial charge in [-0.15, -0.1) is 10.2 Å². The van der Waals surface area contributed by atoms with Gasteiger partial charge in [0.25, 0.3) is 0 Å². The van der Waals surface area contributed by atoms with Crippen LogP contribution in [0.4, 0.5) is 5.82 Å². The van der Waals surface area contributed by atoms with Gasteiger partial charge in [-0.2, -0.15) is 0 Å². The number of hydrogen-bond acceptors (Lipinski definition) is 7. The Morgan fingerprint density at radius 2 is 2.10 bits per heavy atom. The quantitative estimate of drug-likeness (QED) is 0.736. The summed E-state index contributed by atoms with van der Waals surface area (Å²) in [6.07, 6.45) is -0.562. The van der Waals surface area contributed by atoms with Crippen LogP contribution in [0.3, 0.4) is 0 Å². The third-order valence-electron chi connectivity index (χ3n) is 3.15. The Bertz CT molecular complexity index is 407. The van der Waals surface area contributed by atoms with E-state index in [1.807, 2.05) is 19.9 Å². The summed E-state index contributed by atoms with van der Waals surface area (Å²) < 4.78 is 10.7. The molecule has 1 aromatic rings. The number of aromatic nitrogens is 2. The fraction of sp³-hybridized carbons (Fsp3) is 0.714. The molecule has 7 heteroatoms. The van der Waals surface area contributed by atoms with Crippen molar-refractivity contribution in [3.63, 3.8) is 0 Å². The smallest absolute Gasteiger partial charge is 0.233 e. The summed E-state index contributed by atoms with van der Waals surface area (Å²) in [4.78, 5) is 2.13. The Kier molecular flexibility index (Phi) is 6.16. The third-order valence-corrected chi connectivity index (χ3v) is 3.15. The minimum atomic E-state index is -0.562. The molecule has 2 N–H and O–H groups in total. The Labute approximate surface area is 125 Å². The standard InChI is InChI=1S/C14H24N4O3/c1-11(2)15-9-12(19)10-21-14-4-3-13(16-17-14)18-5-7-20-8-6-18/h3-4,11-12,15,19H,5-10H2,1-2H3/t12-/m0/s1. The first-order valence-electron chi connectivity index (χ1n) is 7.36. The van der Waals surface area contributed by atoms with Crippen LogP contribution in [0.15, 0.2) is 12.1 Å². The molecule has 2 heterocycles. The molecule has 1 aliphatic heterocycles. The van der Waals surface area contributed by atoms with Crippen molar-refractivity contribution in [1.29, 1.82) is 0 Å². The molecule has 21 heavy (non-hydrogen) atoms. The first kappa shape index (κ1) is 15.9. The van der Waals surface area contributed by atoms with Crippen LogP contribution in [0.1, 0.15) is 13.8 Å². The Morgan fingerprint density at radius 3 is 2.71 bits per heavy atom. The maximum atomic E-state index is 9.76. The van der Waals surface area contributed by atoms with Gasteiger partial charge in [0.2, 0.25) is 5.88 Å². The van der Waals surface area contributed by atoms with Crippen molar-refractivity contribution in [2.75, 3.05) is 44.4 Å². The maximum Gasteiger partial charge on any atom is 0.233 e. The summed E-state index contributed by atoms with van der Waals surface area (Å²) in [6.45, 7) is 7.85. The van der Waals surface area contributed by atoms with Crippen LogP contribution in [-0.2, 0) is 4.74 Å². The zero-order chi connectivity index (χ0) is 15.1. The van der Waals surface area contributed by atoms with Crippen LogP contribution in [0.25, 0.3) is 0 Å². The van der Waals surface area contributed by atoms with Crippen molar-refractivity contribution in [2.45, 2.75) is 26.0 Å². The van der Waals surface area contributed by atoms with E-state index in [0.717, 1.165) is 32.1 Å². The van der Waals surface area contributed by atoms with Crippen LogP contribution in [-0.4, -0.2) is 66.9 Å². The van der Waals surface area contributed by atoms with Crippen molar-refractivity contribution in [2.24, 2.45) is 0 Å². The van der Waals surface area contributed by atoms with Gasteiger partial charge in [-0.05, 0) is 6.07 Å². The zero-order valence-corrected chi connectivity index (χ0v) is 12.7. The van der Waals surface area contributed by atoms with Gasteiger partial charge in [0.15, 0.2) is 5.82 Å². The van der Waals surface area contributed by atoms with Crippen LogP contribution >= 0.6 is 0 Å². The largest absolute Gasteiger partial charge is 0.474 e. The molecule has 1 aliphatic rings. The predicted octanol–water partition coefficient (Wildman–Crippen LogP) is 0.0509. The fourth-order valence-corrected chi connectivity index (χ4v) is 1.96. The van der Waals surface area contributed by atoms with E-state index < -0.39 is 6.10 Å². The van der Waals surface area contributed by atoms with Crippen LogP contribution in [0.2, 0.25) is 0 Å². The van der Waals surface area contributed by atoms with Gasteiger partial charge < -0.3 is 24.8 Å². The predicted molar refractivity (Wildman–Crippen MR) is 79.7 cm³/mol. The van der Waals surface area contributed by atoms with Gasteiger partial charge in [-0.3, -0.25) is 0 Å². The van der Waals surface area contributed by atoms with E-state index in [9.17, 15) is 5.11 Å². The normalized spacial score (nSPS) is 17.0. The second-order valence-corrected chi connectivity index (χ2v) is 5.36. The van der Waals surface area contributed by atoms with E-state index in [-0.39, 0.29) is 6.61 Å². The van der Waals surface area contributed by atoms with Crippen molar-refractivity contribution < 1.29 is 14.6 Å². The zero-order valence-electron chi connectivity index (χ0n) is 12.7. The van der Waals surface area contributed by atoms with Gasteiger partial charge in [0, 0.05) is 31.7 Å². The van der Waals surface area contributed by atoms with Gasteiger partial charge in [-0.1, -0.05) is 13.8 Å². The number of aliphatic hydroxyl groups is 1. The number of hydrogen-bond donors (Lipinski definition) is 2. The van der Waals surface area contributed by atoms with Crippen LogP contribution in [0.5, 0.6) is 5.88 Å². The molecule has 0 unspecified atom stereocenters. The summed E-state index contributed by atoms with van der Waals surface area (Å²) >= 11 is 0. The summed E-state index contributed by atoms with van der Waals surface area (Å²) in [5.74, 6) is 1.25. The average molecular weight is 296 g/mol. The Morgan fingerprint density at radius 1 is 1.33 bits per heavy atom. The minimum absolute atomic E-state index is 0.200. The van der Waals surface area contributed by atoms with Crippen molar-refractivity contribution >= 4 is 5.82 Å². The molecule has 7 nitrogen and oxygen atoms in total. The molecule has 1 fully saturated rings. The first-order valence-corrected chi connectivity index (χ1v) is 7.36. The lowest BCUT2D eigenvalue weighted by Gasteiger charge is -2.27. The van der Waals surface area contributed by atoms with Crippen molar-refractivity contribution in [3.05, 3.63) is 12.1 Å². The lowest BCUT2D eigenvalue weighted by molar-refractivity contribution is 0.101. The van der Waals surface area contributed by atoms with Crippen LogP contribution in [0, 0.1) is 0 Å². The molecule has 1 saturated heterocycles. The van der Waals surface area contributed by atoms with E-state index >= 15 is 0 Å². The Balaban J connectivity index is 1.76. The molecule has 0 saturated carbocycles. The number of anilines is 1. The second-order valence-electron chi connectivity index (χ2n) is 5.36. The summed E-state index contributed by atoms with van der Waals surface area (Å²) in [7, 11) is 0. The van der Waals surface area contributed by atoms with Gasteiger partial charge >= 0.3 is 0 Å². The highest BCUT2D eigenvalue weighted by molar-refractivity contribution is 5.38. The lowest BCUT2D eigenvalue weighted by Crippen LogP contribution is -2.37. The lowest BCUT2D eigenvalue weighted by atomic mass is 10.3. The molecule has 0 radical (unpaired) electrons. The SMILES string of the molecule is CC(C)NC[C@H](O)COc1ccc(N2CCOCC2)nn1. The fourth-order valence-electron chi connectivity index (χ4n) is 1.96. The molecule has 1 atom stereocenters. The molecule has 0 aromatic carbocycles. The highest BCUT2D eigenvalue weighted by Crippen LogP contribution is 2.14. The highest BCUT2D eigenvalue weighted by Gasteiger charge is 2.13. The summed E-state index contributed by atoms with van der Waals surface area (Å²) in [6, 6.07) is 4.00. The molecule has 1 aromatic heterocycles. The van der Waals surface area contributed by atoms with E-state index in [0.29, 0.717) is 18.5 Å². The second kappa shape index (κ2) is 8.11. The number of aliphatic hydroxyl groups excluding tert-OH is 1. The van der Waals surface area contributed by atoms with Gasteiger partial charge in [0.05, 0.1) is 13.2 Å². The van der Waals surface area contributed by atoms with Crippen molar-refractivity contribution in [1.82, 2.24) is 15.5 Å². The Hall–Kier alpha value is -1.44. The monoisotopic (exact) mass is 296 g/mol. The minimum Gasteiger partial charge on any atom is -0.474 e. The van der Waals surface area contributed by atoms with E-state index in [1.54, 1.807) is 6.07 Å². The maximum absolute atomic E-state index is 9.76. The molecule has 2 rings (SSSR count). The molecule has 118 valence electrons. The molecular weight excluding hydrogens is 272 g/mol. The van der Waals surface area contributed by atoms with Gasteiger partial charge in [-0.25, -0.2) is 0 Å².